The average Bonchev–Trinajstić information content (AvgIpc) is 3.09. The van der Waals surface area contributed by atoms with Gasteiger partial charge in [0, 0.05) is 15.8 Å². The molecule has 0 amide bonds. The summed E-state index contributed by atoms with van der Waals surface area (Å²) in [6, 6.07) is 16.2. The number of H-pyrrole nitrogens is 1. The molecule has 3 aromatic rings. The number of hydrogen-bond acceptors (Lipinski definition) is 4. The lowest BCUT2D eigenvalue weighted by atomic mass is 10.1. The molecule has 0 bridgehead atoms. The molecule has 0 unspecified atom stereocenters. The summed E-state index contributed by atoms with van der Waals surface area (Å²) in [5.41, 5.74) is 2.37. The van der Waals surface area contributed by atoms with Gasteiger partial charge in [-0.25, -0.2) is 4.98 Å². The van der Waals surface area contributed by atoms with Crippen molar-refractivity contribution in [2.75, 3.05) is 12.4 Å². The van der Waals surface area contributed by atoms with Crippen molar-refractivity contribution >= 4 is 27.7 Å². The molecule has 24 heavy (non-hydrogen) atoms. The highest BCUT2D eigenvalue weighted by Gasteiger charge is 2.06. The van der Waals surface area contributed by atoms with E-state index >= 15 is 0 Å². The maximum Gasteiger partial charge on any atom is 0.208 e. The first-order valence-corrected chi connectivity index (χ1v) is 9.55. The number of aromatic nitrogens is 3. The van der Waals surface area contributed by atoms with E-state index in [1.54, 1.807) is 11.8 Å². The Morgan fingerprint density at radius 3 is 2.54 bits per heavy atom. The molecular formula is C18H18BrN3OS. The Morgan fingerprint density at radius 1 is 1.08 bits per heavy atom. The van der Waals surface area contributed by atoms with Gasteiger partial charge in [-0.2, -0.15) is 0 Å². The number of aryl methyl sites for hydroxylation is 1. The predicted molar refractivity (Wildman–Crippen MR) is 102 cm³/mol. The molecule has 2 aromatic carbocycles. The van der Waals surface area contributed by atoms with Crippen LogP contribution in [0.1, 0.15) is 12.5 Å². The van der Waals surface area contributed by atoms with Crippen LogP contribution in [0.2, 0.25) is 0 Å². The van der Waals surface area contributed by atoms with Crippen LogP contribution in [0.4, 0.5) is 0 Å². The summed E-state index contributed by atoms with van der Waals surface area (Å²) in [7, 11) is 0. The standard InChI is InChI=1S/C18H18BrN3OS/c1-2-13-3-5-14(6-4-13)17-20-18(22-21-17)24-12-11-23-16-9-7-15(19)8-10-16/h3-10H,2,11-12H2,1H3,(H,20,21,22). The van der Waals surface area contributed by atoms with E-state index in [1.165, 1.54) is 5.56 Å². The molecule has 6 heteroatoms. The van der Waals surface area contributed by atoms with Crippen molar-refractivity contribution in [1.29, 1.82) is 0 Å². The minimum absolute atomic E-state index is 0.612. The smallest absolute Gasteiger partial charge is 0.208 e. The van der Waals surface area contributed by atoms with Crippen molar-refractivity contribution in [3.8, 4) is 17.1 Å². The molecule has 0 atom stereocenters. The Kier molecular flexibility index (Phi) is 5.93. The molecule has 1 heterocycles. The molecule has 0 saturated heterocycles. The fourth-order valence-corrected chi connectivity index (χ4v) is 3.04. The zero-order chi connectivity index (χ0) is 16.8. The molecule has 0 spiro atoms. The van der Waals surface area contributed by atoms with E-state index in [2.05, 4.69) is 62.3 Å². The maximum absolute atomic E-state index is 5.69. The van der Waals surface area contributed by atoms with Crippen LogP contribution in [-0.4, -0.2) is 27.5 Å². The second kappa shape index (κ2) is 8.35. The van der Waals surface area contributed by atoms with E-state index in [9.17, 15) is 0 Å². The number of hydrogen-bond donors (Lipinski definition) is 1. The van der Waals surface area contributed by atoms with Gasteiger partial charge in [0.15, 0.2) is 5.82 Å². The third kappa shape index (κ3) is 4.61. The van der Waals surface area contributed by atoms with E-state index in [-0.39, 0.29) is 0 Å². The molecule has 1 N–H and O–H groups in total. The van der Waals surface area contributed by atoms with E-state index in [0.717, 1.165) is 38.9 Å². The Hall–Kier alpha value is -1.79. The summed E-state index contributed by atoms with van der Waals surface area (Å²) in [6.07, 6.45) is 1.04. The van der Waals surface area contributed by atoms with Crippen LogP contribution in [0.3, 0.4) is 0 Å². The lowest BCUT2D eigenvalue weighted by Gasteiger charge is -2.04. The highest BCUT2D eigenvalue weighted by molar-refractivity contribution is 9.10. The SMILES string of the molecule is CCc1ccc(-c2nc(SCCOc3ccc(Br)cc3)n[nH]2)cc1. The summed E-state index contributed by atoms with van der Waals surface area (Å²) < 4.78 is 6.74. The maximum atomic E-state index is 5.69. The zero-order valence-electron chi connectivity index (χ0n) is 13.3. The van der Waals surface area contributed by atoms with Crippen molar-refractivity contribution in [2.45, 2.75) is 18.5 Å². The minimum Gasteiger partial charge on any atom is -0.493 e. The number of rotatable bonds is 7. The molecule has 1 aromatic heterocycles. The molecular weight excluding hydrogens is 386 g/mol. The highest BCUT2D eigenvalue weighted by Crippen LogP contribution is 2.20. The fraction of sp³-hybridized carbons (Fsp3) is 0.222. The topological polar surface area (TPSA) is 50.8 Å². The molecule has 4 nitrogen and oxygen atoms in total. The van der Waals surface area contributed by atoms with Crippen molar-refractivity contribution in [3.05, 3.63) is 58.6 Å². The number of nitrogens with one attached hydrogen (secondary N) is 1. The van der Waals surface area contributed by atoms with Gasteiger partial charge in [0.25, 0.3) is 0 Å². The average molecular weight is 404 g/mol. The number of nitrogens with zero attached hydrogens (tertiary/aromatic N) is 2. The molecule has 0 aliphatic carbocycles. The quantitative estimate of drug-likeness (QED) is 0.446. The minimum atomic E-state index is 0.612. The van der Waals surface area contributed by atoms with Gasteiger partial charge in [-0.1, -0.05) is 58.9 Å². The third-order valence-corrected chi connectivity index (χ3v) is 4.84. The van der Waals surface area contributed by atoms with Gasteiger partial charge in [-0.3, -0.25) is 5.10 Å². The lowest BCUT2D eigenvalue weighted by Crippen LogP contribution is -2.00. The van der Waals surface area contributed by atoms with Crippen LogP contribution in [0.25, 0.3) is 11.4 Å². The summed E-state index contributed by atoms with van der Waals surface area (Å²) >= 11 is 4.99. The summed E-state index contributed by atoms with van der Waals surface area (Å²) in [5, 5.41) is 7.99. The number of benzene rings is 2. The van der Waals surface area contributed by atoms with Gasteiger partial charge in [0.05, 0.1) is 6.61 Å². The first-order chi connectivity index (χ1) is 11.7. The first-order valence-electron chi connectivity index (χ1n) is 7.77. The van der Waals surface area contributed by atoms with E-state index in [4.69, 9.17) is 4.74 Å². The Balaban J connectivity index is 1.49. The first kappa shape index (κ1) is 17.0. The molecule has 0 saturated carbocycles. The number of aromatic amines is 1. The molecule has 0 aliphatic heterocycles. The van der Waals surface area contributed by atoms with Gasteiger partial charge in [-0.15, -0.1) is 5.10 Å². The second-order valence-corrected chi connectivity index (χ2v) is 7.15. The monoisotopic (exact) mass is 403 g/mol. The molecule has 0 radical (unpaired) electrons. The Morgan fingerprint density at radius 2 is 1.83 bits per heavy atom. The number of halogens is 1. The molecule has 3 rings (SSSR count). The zero-order valence-corrected chi connectivity index (χ0v) is 15.7. The van der Waals surface area contributed by atoms with Gasteiger partial charge >= 0.3 is 0 Å². The molecule has 0 fully saturated rings. The summed E-state index contributed by atoms with van der Waals surface area (Å²) in [6.45, 7) is 2.76. The Labute approximate surface area is 154 Å². The number of thioether (sulfide) groups is 1. The third-order valence-electron chi connectivity index (χ3n) is 3.50. The van der Waals surface area contributed by atoms with Crippen molar-refractivity contribution in [2.24, 2.45) is 0 Å². The molecule has 124 valence electrons. The van der Waals surface area contributed by atoms with Crippen molar-refractivity contribution < 1.29 is 4.74 Å². The second-order valence-electron chi connectivity index (χ2n) is 5.17. The van der Waals surface area contributed by atoms with Crippen molar-refractivity contribution in [3.63, 3.8) is 0 Å². The fourth-order valence-electron chi connectivity index (χ4n) is 2.16. The van der Waals surface area contributed by atoms with Crippen LogP contribution in [0.15, 0.2) is 58.2 Å². The van der Waals surface area contributed by atoms with E-state index < -0.39 is 0 Å². The van der Waals surface area contributed by atoms with Crippen LogP contribution in [-0.2, 0) is 6.42 Å². The highest BCUT2D eigenvalue weighted by atomic mass is 79.9. The Bertz CT molecular complexity index is 772. The van der Waals surface area contributed by atoms with Crippen LogP contribution < -0.4 is 4.74 Å². The predicted octanol–water partition coefficient (Wildman–Crippen LogP) is 4.97. The van der Waals surface area contributed by atoms with E-state index in [0.29, 0.717) is 6.61 Å². The van der Waals surface area contributed by atoms with E-state index in [1.807, 2.05) is 24.3 Å². The largest absolute Gasteiger partial charge is 0.493 e. The van der Waals surface area contributed by atoms with Gasteiger partial charge < -0.3 is 4.74 Å². The van der Waals surface area contributed by atoms with Gasteiger partial charge in [0.1, 0.15) is 5.75 Å². The van der Waals surface area contributed by atoms with Crippen LogP contribution >= 0.6 is 27.7 Å². The summed E-state index contributed by atoms with van der Waals surface area (Å²) in [4.78, 5) is 4.53. The lowest BCUT2D eigenvalue weighted by molar-refractivity contribution is 0.344. The van der Waals surface area contributed by atoms with Crippen LogP contribution in [0, 0.1) is 0 Å². The van der Waals surface area contributed by atoms with Crippen LogP contribution in [0.5, 0.6) is 5.75 Å². The van der Waals surface area contributed by atoms with Crippen molar-refractivity contribution in [1.82, 2.24) is 15.2 Å². The number of ether oxygens (including phenoxy) is 1. The molecule has 0 aliphatic rings. The normalized spacial score (nSPS) is 10.8. The van der Waals surface area contributed by atoms with Gasteiger partial charge in [0.2, 0.25) is 5.16 Å². The summed E-state index contributed by atoms with van der Waals surface area (Å²) in [5.74, 6) is 2.46. The van der Waals surface area contributed by atoms with Gasteiger partial charge in [-0.05, 0) is 36.2 Å².